The highest BCUT2D eigenvalue weighted by Crippen LogP contribution is 2.09. The summed E-state index contributed by atoms with van der Waals surface area (Å²) in [6, 6.07) is 5.69. The molecule has 0 amide bonds. The van der Waals surface area contributed by atoms with Gasteiger partial charge >= 0.3 is 5.97 Å². The molecule has 76 valence electrons. The van der Waals surface area contributed by atoms with Gasteiger partial charge < -0.3 is 10.8 Å². The second-order valence-electron chi connectivity index (χ2n) is 3.15. The van der Waals surface area contributed by atoms with Crippen molar-refractivity contribution >= 4 is 5.97 Å². The van der Waals surface area contributed by atoms with Crippen molar-refractivity contribution < 1.29 is 14.3 Å². The first kappa shape index (κ1) is 10.7. The van der Waals surface area contributed by atoms with Crippen LogP contribution in [-0.2, 0) is 11.2 Å². The summed E-state index contributed by atoms with van der Waals surface area (Å²) in [5, 5.41) is 8.46. The van der Waals surface area contributed by atoms with Gasteiger partial charge in [0.1, 0.15) is 5.82 Å². The lowest BCUT2D eigenvalue weighted by atomic mass is 10.0. The Kier molecular flexibility index (Phi) is 3.59. The fraction of sp³-hybridized carbons (Fsp3) is 0.300. The van der Waals surface area contributed by atoms with E-state index in [-0.39, 0.29) is 18.7 Å². The maximum absolute atomic E-state index is 13.1. The Morgan fingerprint density at radius 1 is 1.50 bits per heavy atom. The summed E-state index contributed by atoms with van der Waals surface area (Å²) in [7, 11) is 0. The van der Waals surface area contributed by atoms with Gasteiger partial charge in [-0.25, -0.2) is 4.39 Å². The third-order valence-corrected chi connectivity index (χ3v) is 1.88. The summed E-state index contributed by atoms with van der Waals surface area (Å²) in [6.45, 7) is 0. The van der Waals surface area contributed by atoms with Crippen molar-refractivity contribution in [3.05, 3.63) is 35.6 Å². The largest absolute Gasteiger partial charge is 0.481 e. The van der Waals surface area contributed by atoms with E-state index in [0.717, 1.165) is 0 Å². The van der Waals surface area contributed by atoms with E-state index in [9.17, 15) is 9.18 Å². The number of hydrogen-bond donors (Lipinski definition) is 2. The molecule has 0 fully saturated rings. The third kappa shape index (κ3) is 3.14. The van der Waals surface area contributed by atoms with Crippen LogP contribution in [0.4, 0.5) is 4.39 Å². The first-order valence-corrected chi connectivity index (χ1v) is 4.30. The van der Waals surface area contributed by atoms with Crippen LogP contribution in [-0.4, -0.2) is 17.1 Å². The van der Waals surface area contributed by atoms with Gasteiger partial charge in [-0.1, -0.05) is 18.2 Å². The molecule has 0 saturated carbocycles. The van der Waals surface area contributed by atoms with Crippen LogP contribution in [0.25, 0.3) is 0 Å². The molecule has 1 rings (SSSR count). The van der Waals surface area contributed by atoms with Crippen LogP contribution >= 0.6 is 0 Å². The second-order valence-corrected chi connectivity index (χ2v) is 3.15. The summed E-state index contributed by atoms with van der Waals surface area (Å²) >= 11 is 0. The number of nitrogens with two attached hydrogens (primary N) is 1. The van der Waals surface area contributed by atoms with Crippen LogP contribution in [0.5, 0.6) is 0 Å². The van der Waals surface area contributed by atoms with Crippen LogP contribution in [0.15, 0.2) is 24.3 Å². The lowest BCUT2D eigenvalue weighted by molar-refractivity contribution is -0.137. The lowest BCUT2D eigenvalue weighted by Gasteiger charge is -2.09. The average Bonchev–Trinajstić information content (AvgIpc) is 2.07. The number of benzene rings is 1. The van der Waals surface area contributed by atoms with Crippen LogP contribution in [0.1, 0.15) is 12.0 Å². The van der Waals surface area contributed by atoms with E-state index >= 15 is 0 Å². The molecule has 0 unspecified atom stereocenters. The maximum atomic E-state index is 13.1. The summed E-state index contributed by atoms with van der Waals surface area (Å²) in [6.07, 6.45) is 0.104. The highest BCUT2D eigenvalue weighted by Gasteiger charge is 2.10. The van der Waals surface area contributed by atoms with Crippen molar-refractivity contribution in [1.29, 1.82) is 0 Å². The molecular formula is C10H12FNO2. The van der Waals surface area contributed by atoms with Gasteiger partial charge in [-0.3, -0.25) is 4.79 Å². The number of carboxylic acid groups (broad SMARTS) is 1. The molecule has 0 radical (unpaired) electrons. The van der Waals surface area contributed by atoms with Crippen molar-refractivity contribution in [2.24, 2.45) is 5.73 Å². The topological polar surface area (TPSA) is 63.3 Å². The van der Waals surface area contributed by atoms with E-state index in [0.29, 0.717) is 5.56 Å². The van der Waals surface area contributed by atoms with Crippen molar-refractivity contribution in [1.82, 2.24) is 0 Å². The quantitative estimate of drug-likeness (QED) is 0.761. The molecule has 4 heteroatoms. The van der Waals surface area contributed by atoms with Gasteiger partial charge in [0.15, 0.2) is 0 Å². The summed E-state index contributed by atoms with van der Waals surface area (Å²) in [5.41, 5.74) is 5.99. The van der Waals surface area contributed by atoms with Crippen molar-refractivity contribution in [2.45, 2.75) is 18.9 Å². The number of rotatable bonds is 4. The van der Waals surface area contributed by atoms with E-state index in [1.165, 1.54) is 6.07 Å². The molecule has 1 aromatic rings. The fourth-order valence-electron chi connectivity index (χ4n) is 1.24. The van der Waals surface area contributed by atoms with Crippen molar-refractivity contribution in [3.8, 4) is 0 Å². The molecule has 3 nitrogen and oxygen atoms in total. The van der Waals surface area contributed by atoms with Gasteiger partial charge in [-0.05, 0) is 18.1 Å². The van der Waals surface area contributed by atoms with Crippen molar-refractivity contribution in [2.75, 3.05) is 0 Å². The van der Waals surface area contributed by atoms with Crippen LogP contribution < -0.4 is 5.73 Å². The van der Waals surface area contributed by atoms with E-state index in [2.05, 4.69) is 0 Å². The molecule has 0 spiro atoms. The first-order valence-electron chi connectivity index (χ1n) is 4.30. The summed E-state index contributed by atoms with van der Waals surface area (Å²) in [5.74, 6) is -1.30. The standard InChI is InChI=1S/C10H12FNO2/c11-9-4-2-1-3-7(9)5-8(12)6-10(13)14/h1-4,8H,5-6,12H2,(H,13,14)/t8-/m1/s1. The molecule has 1 aromatic carbocycles. The molecule has 1 atom stereocenters. The molecule has 0 bridgehead atoms. The predicted octanol–water partition coefficient (Wildman–Crippen LogP) is 1.17. The Bertz CT molecular complexity index is 328. The van der Waals surface area contributed by atoms with Crippen LogP contribution in [0, 0.1) is 5.82 Å². The fourth-order valence-corrected chi connectivity index (χ4v) is 1.24. The maximum Gasteiger partial charge on any atom is 0.304 e. The average molecular weight is 197 g/mol. The molecule has 3 N–H and O–H groups in total. The normalized spacial score (nSPS) is 12.4. The molecule has 0 aliphatic carbocycles. The molecule has 14 heavy (non-hydrogen) atoms. The van der Waals surface area contributed by atoms with Gasteiger partial charge in [-0.2, -0.15) is 0 Å². The number of aliphatic carboxylic acids is 1. The molecule has 0 aromatic heterocycles. The Labute approximate surface area is 81.4 Å². The molecule has 0 saturated heterocycles. The minimum atomic E-state index is -0.964. The number of carboxylic acids is 1. The highest BCUT2D eigenvalue weighted by molar-refractivity contribution is 5.67. The zero-order chi connectivity index (χ0) is 10.6. The monoisotopic (exact) mass is 197 g/mol. The number of hydrogen-bond acceptors (Lipinski definition) is 2. The zero-order valence-corrected chi connectivity index (χ0v) is 7.61. The highest BCUT2D eigenvalue weighted by atomic mass is 19.1. The van der Waals surface area contributed by atoms with E-state index in [1.807, 2.05) is 0 Å². The van der Waals surface area contributed by atoms with E-state index in [1.54, 1.807) is 18.2 Å². The Morgan fingerprint density at radius 3 is 2.71 bits per heavy atom. The number of halogens is 1. The van der Waals surface area contributed by atoms with E-state index < -0.39 is 12.0 Å². The van der Waals surface area contributed by atoms with Crippen LogP contribution in [0.2, 0.25) is 0 Å². The third-order valence-electron chi connectivity index (χ3n) is 1.88. The SMILES string of the molecule is N[C@@H](CC(=O)O)Cc1ccccc1F. The molecule has 0 heterocycles. The summed E-state index contributed by atoms with van der Waals surface area (Å²) in [4.78, 5) is 10.3. The smallest absolute Gasteiger partial charge is 0.304 e. The Hall–Kier alpha value is -1.42. The molecule has 0 aliphatic rings. The van der Waals surface area contributed by atoms with E-state index in [4.69, 9.17) is 10.8 Å². The van der Waals surface area contributed by atoms with Crippen LogP contribution in [0.3, 0.4) is 0 Å². The van der Waals surface area contributed by atoms with Gasteiger partial charge in [-0.15, -0.1) is 0 Å². The van der Waals surface area contributed by atoms with Gasteiger partial charge in [0.05, 0.1) is 6.42 Å². The summed E-state index contributed by atoms with van der Waals surface area (Å²) < 4.78 is 13.1. The first-order chi connectivity index (χ1) is 6.59. The van der Waals surface area contributed by atoms with Gasteiger partial charge in [0.25, 0.3) is 0 Å². The number of carbonyl (C=O) groups is 1. The Balaban J connectivity index is 2.60. The minimum absolute atomic E-state index is 0.145. The second kappa shape index (κ2) is 4.72. The molecular weight excluding hydrogens is 185 g/mol. The lowest BCUT2D eigenvalue weighted by Crippen LogP contribution is -2.26. The zero-order valence-electron chi connectivity index (χ0n) is 7.61. The van der Waals surface area contributed by atoms with Gasteiger partial charge in [0, 0.05) is 6.04 Å². The van der Waals surface area contributed by atoms with Gasteiger partial charge in [0.2, 0.25) is 0 Å². The molecule has 0 aliphatic heterocycles. The van der Waals surface area contributed by atoms with Crippen molar-refractivity contribution in [3.63, 3.8) is 0 Å². The minimum Gasteiger partial charge on any atom is -0.481 e. The predicted molar refractivity (Wildman–Crippen MR) is 50.3 cm³/mol. The Morgan fingerprint density at radius 2 is 2.14 bits per heavy atom.